The quantitative estimate of drug-likeness (QED) is 0.734. The zero-order valence-corrected chi connectivity index (χ0v) is 9.69. The Labute approximate surface area is 95.6 Å². The average Bonchev–Trinajstić information content (AvgIpc) is 2.52. The minimum absolute atomic E-state index is 0.128. The van der Waals surface area contributed by atoms with E-state index < -0.39 is 12.0 Å². The lowest BCUT2D eigenvalue weighted by Crippen LogP contribution is -2.47. The largest absolute Gasteiger partial charge is 0.480 e. The lowest BCUT2D eigenvalue weighted by molar-refractivity contribution is -0.151. The smallest absolute Gasteiger partial charge is 0.326 e. The standard InChI is InChI=1S/C11H20N2O3/c1-8(7-12)10(14)13-6-4-2-3-5-9(13)11(15)16/h8-9H,2-7,12H2,1H3,(H,15,16). The van der Waals surface area contributed by atoms with Gasteiger partial charge in [-0.3, -0.25) is 4.79 Å². The van der Waals surface area contributed by atoms with Gasteiger partial charge in [0.1, 0.15) is 6.04 Å². The highest BCUT2D eigenvalue weighted by molar-refractivity contribution is 5.85. The molecule has 0 aliphatic carbocycles. The molecule has 1 aliphatic heterocycles. The fourth-order valence-corrected chi connectivity index (χ4v) is 2.01. The van der Waals surface area contributed by atoms with Gasteiger partial charge in [-0.2, -0.15) is 0 Å². The zero-order valence-electron chi connectivity index (χ0n) is 9.69. The Morgan fingerprint density at radius 1 is 1.44 bits per heavy atom. The van der Waals surface area contributed by atoms with E-state index in [1.54, 1.807) is 6.92 Å². The number of likely N-dealkylation sites (tertiary alicyclic amines) is 1. The van der Waals surface area contributed by atoms with Gasteiger partial charge in [-0.25, -0.2) is 4.79 Å². The summed E-state index contributed by atoms with van der Waals surface area (Å²) in [6.45, 7) is 2.55. The summed E-state index contributed by atoms with van der Waals surface area (Å²) in [6, 6.07) is -0.663. The number of carboxylic acid groups (broad SMARTS) is 1. The van der Waals surface area contributed by atoms with Crippen LogP contribution in [0.4, 0.5) is 0 Å². The second-order valence-corrected chi connectivity index (χ2v) is 4.37. The van der Waals surface area contributed by atoms with E-state index in [2.05, 4.69) is 0 Å². The van der Waals surface area contributed by atoms with Crippen LogP contribution in [0.15, 0.2) is 0 Å². The molecule has 1 rings (SSSR count). The van der Waals surface area contributed by atoms with Crippen molar-refractivity contribution < 1.29 is 14.7 Å². The van der Waals surface area contributed by atoms with Crippen molar-refractivity contribution in [1.29, 1.82) is 0 Å². The van der Waals surface area contributed by atoms with Crippen LogP contribution in [0.25, 0.3) is 0 Å². The third-order valence-electron chi connectivity index (χ3n) is 3.10. The second kappa shape index (κ2) is 5.84. The van der Waals surface area contributed by atoms with Gasteiger partial charge >= 0.3 is 5.97 Å². The fraction of sp³-hybridized carbons (Fsp3) is 0.818. The SMILES string of the molecule is CC(CN)C(=O)N1CCCCCC1C(=O)O. The molecule has 2 atom stereocenters. The van der Waals surface area contributed by atoms with Crippen LogP contribution >= 0.6 is 0 Å². The van der Waals surface area contributed by atoms with Crippen molar-refractivity contribution in [2.45, 2.75) is 38.6 Å². The minimum atomic E-state index is -0.903. The molecule has 1 fully saturated rings. The van der Waals surface area contributed by atoms with Crippen LogP contribution in [-0.2, 0) is 9.59 Å². The normalized spacial score (nSPS) is 23.6. The third-order valence-corrected chi connectivity index (χ3v) is 3.10. The van der Waals surface area contributed by atoms with Crippen LogP contribution in [-0.4, -0.2) is 41.0 Å². The lowest BCUT2D eigenvalue weighted by Gasteiger charge is -2.29. The summed E-state index contributed by atoms with van der Waals surface area (Å²) in [4.78, 5) is 24.6. The molecule has 1 saturated heterocycles. The van der Waals surface area contributed by atoms with Crippen LogP contribution in [0, 0.1) is 5.92 Å². The van der Waals surface area contributed by atoms with Gasteiger partial charge in [-0.05, 0) is 12.8 Å². The van der Waals surface area contributed by atoms with E-state index in [1.165, 1.54) is 4.90 Å². The van der Waals surface area contributed by atoms with Gasteiger partial charge in [0, 0.05) is 19.0 Å². The summed E-state index contributed by atoms with van der Waals surface area (Å²) in [7, 11) is 0. The number of hydrogen-bond acceptors (Lipinski definition) is 3. The lowest BCUT2D eigenvalue weighted by atomic mass is 10.1. The highest BCUT2D eigenvalue weighted by Crippen LogP contribution is 2.19. The molecule has 0 spiro atoms. The van der Waals surface area contributed by atoms with Crippen LogP contribution in [0.2, 0.25) is 0 Å². The van der Waals surface area contributed by atoms with E-state index in [-0.39, 0.29) is 18.4 Å². The topological polar surface area (TPSA) is 83.6 Å². The molecule has 0 aromatic carbocycles. The number of amides is 1. The Hall–Kier alpha value is -1.10. The highest BCUT2D eigenvalue weighted by Gasteiger charge is 2.32. The van der Waals surface area contributed by atoms with E-state index in [0.29, 0.717) is 13.0 Å². The molecule has 0 bridgehead atoms. The maximum Gasteiger partial charge on any atom is 0.326 e. The number of aliphatic carboxylic acids is 1. The first-order chi connectivity index (χ1) is 7.57. The summed E-state index contributed by atoms with van der Waals surface area (Å²) in [5.74, 6) is -1.32. The molecule has 1 heterocycles. The first kappa shape index (κ1) is 13.0. The number of nitrogens with two attached hydrogens (primary N) is 1. The fourth-order valence-electron chi connectivity index (χ4n) is 2.01. The predicted octanol–water partition coefficient (Wildman–Crippen LogP) is 0.437. The molecule has 2 unspecified atom stereocenters. The van der Waals surface area contributed by atoms with Crippen LogP contribution in [0.1, 0.15) is 32.6 Å². The van der Waals surface area contributed by atoms with Gasteiger partial charge in [-0.15, -0.1) is 0 Å². The Kier molecular flexibility index (Phi) is 4.73. The Balaban J connectivity index is 2.78. The van der Waals surface area contributed by atoms with E-state index >= 15 is 0 Å². The van der Waals surface area contributed by atoms with Gasteiger partial charge in [0.2, 0.25) is 5.91 Å². The highest BCUT2D eigenvalue weighted by atomic mass is 16.4. The Morgan fingerprint density at radius 3 is 2.69 bits per heavy atom. The molecule has 0 aromatic heterocycles. The van der Waals surface area contributed by atoms with E-state index in [1.807, 2.05) is 0 Å². The Morgan fingerprint density at radius 2 is 2.12 bits per heavy atom. The minimum Gasteiger partial charge on any atom is -0.480 e. The van der Waals surface area contributed by atoms with Crippen molar-refractivity contribution >= 4 is 11.9 Å². The third kappa shape index (κ3) is 2.95. The van der Waals surface area contributed by atoms with Crippen LogP contribution < -0.4 is 5.73 Å². The van der Waals surface area contributed by atoms with E-state index in [4.69, 9.17) is 10.8 Å². The molecule has 0 radical (unpaired) electrons. The second-order valence-electron chi connectivity index (χ2n) is 4.37. The van der Waals surface area contributed by atoms with Gasteiger partial charge in [0.15, 0.2) is 0 Å². The van der Waals surface area contributed by atoms with E-state index in [0.717, 1.165) is 19.3 Å². The predicted molar refractivity (Wildman–Crippen MR) is 59.8 cm³/mol. The molecular formula is C11H20N2O3. The molecule has 3 N–H and O–H groups in total. The molecule has 0 saturated carbocycles. The van der Waals surface area contributed by atoms with Gasteiger partial charge in [0.25, 0.3) is 0 Å². The summed E-state index contributed by atoms with van der Waals surface area (Å²) >= 11 is 0. The average molecular weight is 228 g/mol. The van der Waals surface area contributed by atoms with Gasteiger partial charge in [0.05, 0.1) is 0 Å². The van der Waals surface area contributed by atoms with Crippen molar-refractivity contribution in [3.05, 3.63) is 0 Å². The molecule has 0 aromatic rings. The summed E-state index contributed by atoms with van der Waals surface area (Å²) in [5.41, 5.74) is 5.45. The molecule has 1 aliphatic rings. The summed E-state index contributed by atoms with van der Waals surface area (Å²) in [5, 5.41) is 9.11. The number of carbonyl (C=O) groups is 2. The number of carboxylic acids is 1. The molecule has 92 valence electrons. The maximum absolute atomic E-state index is 12.0. The van der Waals surface area contributed by atoms with Crippen molar-refractivity contribution in [2.24, 2.45) is 11.7 Å². The molecule has 1 amide bonds. The van der Waals surface area contributed by atoms with E-state index in [9.17, 15) is 9.59 Å². The maximum atomic E-state index is 12.0. The number of carbonyl (C=O) groups excluding carboxylic acids is 1. The Bertz CT molecular complexity index is 268. The van der Waals surface area contributed by atoms with Crippen LogP contribution in [0.3, 0.4) is 0 Å². The number of nitrogens with zero attached hydrogens (tertiary/aromatic N) is 1. The zero-order chi connectivity index (χ0) is 12.1. The first-order valence-corrected chi connectivity index (χ1v) is 5.81. The van der Waals surface area contributed by atoms with Crippen molar-refractivity contribution in [1.82, 2.24) is 4.90 Å². The van der Waals surface area contributed by atoms with Crippen molar-refractivity contribution in [2.75, 3.05) is 13.1 Å². The van der Waals surface area contributed by atoms with Gasteiger partial charge in [-0.1, -0.05) is 19.8 Å². The van der Waals surface area contributed by atoms with Crippen LogP contribution in [0.5, 0.6) is 0 Å². The summed E-state index contributed by atoms with van der Waals surface area (Å²) < 4.78 is 0. The van der Waals surface area contributed by atoms with Crippen molar-refractivity contribution in [3.8, 4) is 0 Å². The monoisotopic (exact) mass is 228 g/mol. The molecule has 5 heteroatoms. The first-order valence-electron chi connectivity index (χ1n) is 5.81. The summed E-state index contributed by atoms with van der Waals surface area (Å²) in [6.07, 6.45) is 3.30. The molecule has 5 nitrogen and oxygen atoms in total. The van der Waals surface area contributed by atoms with Crippen molar-refractivity contribution in [3.63, 3.8) is 0 Å². The number of hydrogen-bond donors (Lipinski definition) is 2. The van der Waals surface area contributed by atoms with Gasteiger partial charge < -0.3 is 15.7 Å². The molecular weight excluding hydrogens is 208 g/mol. The molecule has 16 heavy (non-hydrogen) atoms. The number of rotatable bonds is 3.